The zero-order chi connectivity index (χ0) is 18.7. The van der Waals surface area contributed by atoms with Gasteiger partial charge in [-0.25, -0.2) is 0 Å². The minimum Gasteiger partial charge on any atom is -0.340 e. The lowest BCUT2D eigenvalue weighted by atomic mass is 9.78. The summed E-state index contributed by atoms with van der Waals surface area (Å²) in [5.74, 6) is 0.0721. The van der Waals surface area contributed by atoms with Crippen molar-refractivity contribution < 1.29 is 9.59 Å². The standard InChI is InChI=1S/C23H26N2O2/c26-21-20(16-18-10-4-1-5-11-18)25(17-19-12-6-2-7-13-19)22(27)23(24-21)14-8-3-9-15-23/h1-2,4-7,10-13,20H,3,8-9,14-17H2,(H,24,26). The summed E-state index contributed by atoms with van der Waals surface area (Å²) < 4.78 is 0. The molecule has 2 aromatic carbocycles. The average Bonchev–Trinajstić information content (AvgIpc) is 2.71. The first-order valence-electron chi connectivity index (χ1n) is 9.89. The van der Waals surface area contributed by atoms with Crippen molar-refractivity contribution in [1.29, 1.82) is 0 Å². The van der Waals surface area contributed by atoms with Gasteiger partial charge in [0.2, 0.25) is 11.8 Å². The fourth-order valence-electron chi connectivity index (χ4n) is 4.43. The highest BCUT2D eigenvalue weighted by atomic mass is 16.2. The Kier molecular flexibility index (Phi) is 4.97. The summed E-state index contributed by atoms with van der Waals surface area (Å²) >= 11 is 0. The lowest BCUT2D eigenvalue weighted by molar-refractivity contribution is -0.157. The second-order valence-corrected chi connectivity index (χ2v) is 7.76. The van der Waals surface area contributed by atoms with Gasteiger partial charge in [0.05, 0.1) is 0 Å². The summed E-state index contributed by atoms with van der Waals surface area (Å²) in [6.07, 6.45) is 5.17. The molecule has 1 N–H and O–H groups in total. The molecule has 140 valence electrons. The van der Waals surface area contributed by atoms with Crippen molar-refractivity contribution in [2.24, 2.45) is 0 Å². The zero-order valence-corrected chi connectivity index (χ0v) is 15.6. The summed E-state index contributed by atoms with van der Waals surface area (Å²) in [5, 5.41) is 3.14. The number of piperazine rings is 1. The van der Waals surface area contributed by atoms with E-state index in [4.69, 9.17) is 0 Å². The Bertz CT molecular complexity index is 798. The Morgan fingerprint density at radius 1 is 0.852 bits per heavy atom. The molecule has 0 bridgehead atoms. The smallest absolute Gasteiger partial charge is 0.249 e. The summed E-state index contributed by atoms with van der Waals surface area (Å²) in [7, 11) is 0. The van der Waals surface area contributed by atoms with Gasteiger partial charge in [0.15, 0.2) is 0 Å². The summed E-state index contributed by atoms with van der Waals surface area (Å²) in [6.45, 7) is 0.479. The molecular formula is C23H26N2O2. The van der Waals surface area contributed by atoms with Gasteiger partial charge in [-0.05, 0) is 24.0 Å². The second-order valence-electron chi connectivity index (χ2n) is 7.76. The van der Waals surface area contributed by atoms with E-state index in [1.54, 1.807) is 0 Å². The van der Waals surface area contributed by atoms with Crippen LogP contribution in [0.25, 0.3) is 0 Å². The molecule has 1 unspecified atom stereocenters. The third-order valence-corrected chi connectivity index (χ3v) is 5.89. The van der Waals surface area contributed by atoms with Crippen molar-refractivity contribution >= 4 is 11.8 Å². The van der Waals surface area contributed by atoms with Crippen LogP contribution in [-0.2, 0) is 22.6 Å². The van der Waals surface area contributed by atoms with E-state index in [0.29, 0.717) is 13.0 Å². The van der Waals surface area contributed by atoms with Gasteiger partial charge in [-0.2, -0.15) is 0 Å². The van der Waals surface area contributed by atoms with Gasteiger partial charge in [-0.3, -0.25) is 9.59 Å². The Morgan fingerprint density at radius 2 is 1.44 bits per heavy atom. The molecular weight excluding hydrogens is 336 g/mol. The van der Waals surface area contributed by atoms with Gasteiger partial charge < -0.3 is 10.2 Å². The van der Waals surface area contributed by atoms with Crippen molar-refractivity contribution in [2.45, 2.75) is 56.7 Å². The first-order valence-corrected chi connectivity index (χ1v) is 9.89. The quantitative estimate of drug-likeness (QED) is 0.905. The van der Waals surface area contributed by atoms with Gasteiger partial charge in [0, 0.05) is 13.0 Å². The van der Waals surface area contributed by atoms with E-state index in [2.05, 4.69) is 5.32 Å². The van der Waals surface area contributed by atoms with Gasteiger partial charge in [-0.15, -0.1) is 0 Å². The highest BCUT2D eigenvalue weighted by Gasteiger charge is 2.50. The number of nitrogens with one attached hydrogen (secondary N) is 1. The normalized spacial score (nSPS) is 21.9. The van der Waals surface area contributed by atoms with Crippen molar-refractivity contribution in [1.82, 2.24) is 10.2 Å². The van der Waals surface area contributed by atoms with Crippen LogP contribution in [0.15, 0.2) is 60.7 Å². The number of amides is 2. The Labute approximate surface area is 160 Å². The number of benzene rings is 2. The molecule has 1 heterocycles. The molecule has 1 spiro atoms. The van der Waals surface area contributed by atoms with Crippen LogP contribution in [-0.4, -0.2) is 28.3 Å². The van der Waals surface area contributed by atoms with Crippen LogP contribution < -0.4 is 5.32 Å². The molecule has 4 nitrogen and oxygen atoms in total. The maximum atomic E-state index is 13.6. The van der Waals surface area contributed by atoms with E-state index in [0.717, 1.165) is 43.2 Å². The minimum absolute atomic E-state index is 0.0173. The second kappa shape index (κ2) is 7.55. The van der Waals surface area contributed by atoms with E-state index in [1.807, 2.05) is 65.6 Å². The van der Waals surface area contributed by atoms with Crippen molar-refractivity contribution in [2.75, 3.05) is 0 Å². The van der Waals surface area contributed by atoms with E-state index in [9.17, 15) is 9.59 Å². The highest BCUT2D eigenvalue weighted by molar-refractivity contribution is 6.00. The molecule has 27 heavy (non-hydrogen) atoms. The number of nitrogens with zero attached hydrogens (tertiary/aromatic N) is 1. The minimum atomic E-state index is -0.697. The van der Waals surface area contributed by atoms with E-state index in [1.165, 1.54) is 0 Å². The van der Waals surface area contributed by atoms with Gasteiger partial charge >= 0.3 is 0 Å². The van der Waals surface area contributed by atoms with Gasteiger partial charge in [0.1, 0.15) is 11.6 Å². The van der Waals surface area contributed by atoms with Crippen LogP contribution >= 0.6 is 0 Å². The molecule has 2 amide bonds. The maximum Gasteiger partial charge on any atom is 0.249 e. The van der Waals surface area contributed by atoms with Crippen molar-refractivity contribution in [3.05, 3.63) is 71.8 Å². The van der Waals surface area contributed by atoms with Crippen molar-refractivity contribution in [3.8, 4) is 0 Å². The van der Waals surface area contributed by atoms with E-state index >= 15 is 0 Å². The molecule has 2 fully saturated rings. The lowest BCUT2D eigenvalue weighted by Crippen LogP contribution is -2.70. The first-order chi connectivity index (χ1) is 13.2. The fourth-order valence-corrected chi connectivity index (χ4v) is 4.43. The number of hydrogen-bond donors (Lipinski definition) is 1. The third-order valence-electron chi connectivity index (χ3n) is 5.89. The van der Waals surface area contributed by atoms with Crippen molar-refractivity contribution in [3.63, 3.8) is 0 Å². The van der Waals surface area contributed by atoms with Crippen LogP contribution in [0.5, 0.6) is 0 Å². The molecule has 2 aromatic rings. The highest BCUT2D eigenvalue weighted by Crippen LogP contribution is 2.34. The SMILES string of the molecule is O=C1NC2(CCCCC2)C(=O)N(Cc2ccccc2)C1Cc1ccccc1. The molecule has 4 heteroatoms. The Morgan fingerprint density at radius 3 is 2.07 bits per heavy atom. The third kappa shape index (κ3) is 3.61. The predicted octanol–water partition coefficient (Wildman–Crippen LogP) is 3.46. The predicted molar refractivity (Wildman–Crippen MR) is 105 cm³/mol. The number of carbonyl (C=O) groups is 2. The molecule has 0 radical (unpaired) electrons. The van der Waals surface area contributed by atoms with Gasteiger partial charge in [0.25, 0.3) is 0 Å². The molecule has 1 aliphatic carbocycles. The fraction of sp³-hybridized carbons (Fsp3) is 0.391. The van der Waals surface area contributed by atoms with Gasteiger partial charge in [-0.1, -0.05) is 79.9 Å². The molecule has 1 atom stereocenters. The summed E-state index contributed by atoms with van der Waals surface area (Å²) in [5.41, 5.74) is 1.43. The molecule has 1 aliphatic heterocycles. The summed E-state index contributed by atoms with van der Waals surface area (Å²) in [6, 6.07) is 19.5. The number of hydrogen-bond acceptors (Lipinski definition) is 2. The number of carbonyl (C=O) groups excluding carboxylic acids is 2. The molecule has 1 saturated heterocycles. The molecule has 0 aromatic heterocycles. The topological polar surface area (TPSA) is 49.4 Å². The molecule has 4 rings (SSSR count). The number of rotatable bonds is 4. The van der Waals surface area contributed by atoms with E-state index < -0.39 is 11.6 Å². The van der Waals surface area contributed by atoms with Crippen LogP contribution in [0.1, 0.15) is 43.2 Å². The van der Waals surface area contributed by atoms with Crippen LogP contribution in [0, 0.1) is 0 Å². The largest absolute Gasteiger partial charge is 0.340 e. The molecule has 2 aliphatic rings. The van der Waals surface area contributed by atoms with Crippen LogP contribution in [0.4, 0.5) is 0 Å². The Balaban J connectivity index is 1.65. The lowest BCUT2D eigenvalue weighted by Gasteiger charge is -2.47. The average molecular weight is 362 g/mol. The maximum absolute atomic E-state index is 13.6. The zero-order valence-electron chi connectivity index (χ0n) is 15.6. The molecule has 1 saturated carbocycles. The monoisotopic (exact) mass is 362 g/mol. The summed E-state index contributed by atoms with van der Waals surface area (Å²) in [4.78, 5) is 28.5. The van der Waals surface area contributed by atoms with Crippen LogP contribution in [0.2, 0.25) is 0 Å². The Hall–Kier alpha value is -2.62. The first kappa shape index (κ1) is 17.8. The van der Waals surface area contributed by atoms with Crippen LogP contribution in [0.3, 0.4) is 0 Å². The van der Waals surface area contributed by atoms with E-state index in [-0.39, 0.29) is 11.8 Å².